The smallest absolute Gasteiger partial charge is 0.123 e. The third-order valence-electron chi connectivity index (χ3n) is 2.39. The van der Waals surface area contributed by atoms with Gasteiger partial charge in [-0.1, -0.05) is 6.07 Å². The lowest BCUT2D eigenvalue weighted by Gasteiger charge is -2.07. The van der Waals surface area contributed by atoms with Crippen molar-refractivity contribution < 1.29 is 9.84 Å². The Kier molecular flexibility index (Phi) is 3.60. The van der Waals surface area contributed by atoms with Crippen LogP contribution in [0.4, 0.5) is 0 Å². The molecule has 0 spiro atoms. The highest BCUT2D eigenvalue weighted by Gasteiger charge is 1.99. The van der Waals surface area contributed by atoms with E-state index in [-0.39, 0.29) is 5.75 Å². The monoisotopic (exact) mass is 229 g/mol. The van der Waals surface area contributed by atoms with Crippen molar-refractivity contribution in [3.05, 3.63) is 53.9 Å². The van der Waals surface area contributed by atoms with Gasteiger partial charge in [-0.2, -0.15) is 0 Å². The van der Waals surface area contributed by atoms with Crippen LogP contribution in [0.3, 0.4) is 0 Å². The molecule has 0 amide bonds. The third kappa shape index (κ3) is 3.48. The van der Waals surface area contributed by atoms with E-state index in [9.17, 15) is 5.11 Å². The quantitative estimate of drug-likeness (QED) is 0.876. The minimum absolute atomic E-state index is 0.234. The molecule has 0 bridgehead atoms. The molecule has 1 aromatic heterocycles. The van der Waals surface area contributed by atoms with E-state index in [2.05, 4.69) is 4.98 Å². The first-order valence-corrected chi connectivity index (χ1v) is 5.57. The molecule has 0 aliphatic carbocycles. The molecule has 0 saturated heterocycles. The number of ether oxygens (including phenoxy) is 1. The molecule has 0 aliphatic rings. The molecule has 3 nitrogen and oxygen atoms in total. The van der Waals surface area contributed by atoms with Crippen LogP contribution in [0.2, 0.25) is 0 Å². The van der Waals surface area contributed by atoms with Gasteiger partial charge in [-0.25, -0.2) is 0 Å². The summed E-state index contributed by atoms with van der Waals surface area (Å²) in [6.45, 7) is 2.48. The summed E-state index contributed by atoms with van der Waals surface area (Å²) >= 11 is 0. The van der Waals surface area contributed by atoms with Crippen molar-refractivity contribution in [3.8, 4) is 11.5 Å². The van der Waals surface area contributed by atoms with Crippen LogP contribution in [0, 0.1) is 6.92 Å². The van der Waals surface area contributed by atoms with Crippen LogP contribution in [-0.4, -0.2) is 16.7 Å². The zero-order chi connectivity index (χ0) is 12.1. The maximum atomic E-state index is 9.42. The highest BCUT2D eigenvalue weighted by Crippen LogP contribution is 2.21. The van der Waals surface area contributed by atoms with E-state index in [0.29, 0.717) is 12.4 Å². The molecular weight excluding hydrogens is 214 g/mol. The lowest BCUT2D eigenvalue weighted by atomic mass is 10.2. The fourth-order valence-corrected chi connectivity index (χ4v) is 1.63. The molecule has 0 saturated carbocycles. The summed E-state index contributed by atoms with van der Waals surface area (Å²) in [6, 6.07) is 11.0. The molecule has 2 aromatic rings. The topological polar surface area (TPSA) is 42.4 Å². The summed E-state index contributed by atoms with van der Waals surface area (Å²) in [5, 5.41) is 9.42. The summed E-state index contributed by atoms with van der Waals surface area (Å²) in [6.07, 6.45) is 2.53. The van der Waals surface area contributed by atoms with Crippen LogP contribution in [0.15, 0.2) is 42.6 Å². The second-order valence-corrected chi connectivity index (χ2v) is 3.92. The molecule has 17 heavy (non-hydrogen) atoms. The Morgan fingerprint density at radius 3 is 2.82 bits per heavy atom. The second kappa shape index (κ2) is 5.34. The molecule has 0 aliphatic heterocycles. The zero-order valence-electron chi connectivity index (χ0n) is 9.76. The van der Waals surface area contributed by atoms with Gasteiger partial charge >= 0.3 is 0 Å². The Labute approximate surface area is 101 Å². The molecule has 2 rings (SSSR count). The first-order chi connectivity index (χ1) is 8.24. The van der Waals surface area contributed by atoms with Gasteiger partial charge in [-0.3, -0.25) is 4.98 Å². The lowest BCUT2D eigenvalue weighted by Crippen LogP contribution is -2.02. The van der Waals surface area contributed by atoms with Gasteiger partial charge in [0.1, 0.15) is 11.5 Å². The summed E-state index contributed by atoms with van der Waals surface area (Å²) < 4.78 is 5.57. The SMILES string of the molecule is Cc1cc(O)cc(OCCc2ccccn2)c1. The fraction of sp³-hybridized carbons (Fsp3) is 0.214. The van der Waals surface area contributed by atoms with Crippen LogP contribution in [0.5, 0.6) is 11.5 Å². The van der Waals surface area contributed by atoms with Gasteiger partial charge in [0.25, 0.3) is 0 Å². The third-order valence-corrected chi connectivity index (χ3v) is 2.39. The number of hydrogen-bond donors (Lipinski definition) is 1. The summed E-state index contributed by atoms with van der Waals surface area (Å²) in [5.74, 6) is 0.927. The van der Waals surface area contributed by atoms with Crippen LogP contribution in [-0.2, 0) is 6.42 Å². The molecule has 0 atom stereocenters. The summed E-state index contributed by atoms with van der Waals surface area (Å²) in [7, 11) is 0. The van der Waals surface area contributed by atoms with Crippen molar-refractivity contribution in [2.24, 2.45) is 0 Å². The number of phenols is 1. The standard InChI is InChI=1S/C14H15NO2/c1-11-8-13(16)10-14(9-11)17-7-5-12-4-2-3-6-15-12/h2-4,6,8-10,16H,5,7H2,1H3. The van der Waals surface area contributed by atoms with E-state index in [1.165, 1.54) is 0 Å². The highest BCUT2D eigenvalue weighted by atomic mass is 16.5. The molecule has 1 heterocycles. The molecular formula is C14H15NO2. The Balaban J connectivity index is 1.90. The Hall–Kier alpha value is -2.03. The second-order valence-electron chi connectivity index (χ2n) is 3.92. The fourth-order valence-electron chi connectivity index (χ4n) is 1.63. The number of benzene rings is 1. The molecule has 1 aromatic carbocycles. The largest absolute Gasteiger partial charge is 0.508 e. The van der Waals surface area contributed by atoms with Crippen LogP contribution in [0.1, 0.15) is 11.3 Å². The first-order valence-electron chi connectivity index (χ1n) is 5.57. The molecule has 0 unspecified atom stereocenters. The van der Waals surface area contributed by atoms with Crippen molar-refractivity contribution in [2.45, 2.75) is 13.3 Å². The Bertz CT molecular complexity index is 463. The Morgan fingerprint density at radius 2 is 2.12 bits per heavy atom. The number of phenolic OH excluding ortho intramolecular Hbond substituents is 1. The maximum absolute atomic E-state index is 9.42. The van der Waals surface area contributed by atoms with Gasteiger partial charge in [-0.05, 0) is 36.8 Å². The number of hydrogen-bond acceptors (Lipinski definition) is 3. The van der Waals surface area contributed by atoms with Crippen molar-refractivity contribution >= 4 is 0 Å². The average molecular weight is 229 g/mol. The highest BCUT2D eigenvalue weighted by molar-refractivity contribution is 5.36. The predicted octanol–water partition coefficient (Wildman–Crippen LogP) is 2.72. The predicted molar refractivity (Wildman–Crippen MR) is 66.3 cm³/mol. The van der Waals surface area contributed by atoms with Crippen molar-refractivity contribution in [3.63, 3.8) is 0 Å². The lowest BCUT2D eigenvalue weighted by molar-refractivity contribution is 0.318. The normalized spacial score (nSPS) is 10.2. The van der Waals surface area contributed by atoms with E-state index in [1.54, 1.807) is 18.3 Å². The minimum atomic E-state index is 0.234. The molecule has 3 heteroatoms. The van der Waals surface area contributed by atoms with Crippen molar-refractivity contribution in [1.29, 1.82) is 0 Å². The molecule has 0 fully saturated rings. The van der Waals surface area contributed by atoms with Gasteiger partial charge in [0.15, 0.2) is 0 Å². The minimum Gasteiger partial charge on any atom is -0.508 e. The van der Waals surface area contributed by atoms with E-state index >= 15 is 0 Å². The summed E-state index contributed by atoms with van der Waals surface area (Å²) in [5.41, 5.74) is 1.99. The number of aromatic nitrogens is 1. The molecule has 1 N–H and O–H groups in total. The van der Waals surface area contributed by atoms with E-state index in [4.69, 9.17) is 4.74 Å². The van der Waals surface area contributed by atoms with E-state index in [0.717, 1.165) is 17.7 Å². The number of rotatable bonds is 4. The number of aromatic hydroxyl groups is 1. The molecule has 0 radical (unpaired) electrons. The average Bonchev–Trinajstić information content (AvgIpc) is 2.29. The van der Waals surface area contributed by atoms with E-state index in [1.807, 2.05) is 31.2 Å². The summed E-state index contributed by atoms with van der Waals surface area (Å²) in [4.78, 5) is 4.22. The van der Waals surface area contributed by atoms with Gasteiger partial charge < -0.3 is 9.84 Å². The van der Waals surface area contributed by atoms with Crippen LogP contribution < -0.4 is 4.74 Å². The number of nitrogens with zero attached hydrogens (tertiary/aromatic N) is 1. The first kappa shape index (κ1) is 11.5. The zero-order valence-corrected chi connectivity index (χ0v) is 9.76. The number of aryl methyl sites for hydroxylation is 1. The van der Waals surface area contributed by atoms with Crippen molar-refractivity contribution in [2.75, 3.05) is 6.61 Å². The van der Waals surface area contributed by atoms with Crippen molar-refractivity contribution in [1.82, 2.24) is 4.98 Å². The maximum Gasteiger partial charge on any atom is 0.123 e. The van der Waals surface area contributed by atoms with Gasteiger partial charge in [0.05, 0.1) is 6.61 Å². The van der Waals surface area contributed by atoms with Gasteiger partial charge in [0, 0.05) is 24.4 Å². The molecule has 88 valence electrons. The Morgan fingerprint density at radius 1 is 1.24 bits per heavy atom. The van der Waals surface area contributed by atoms with Gasteiger partial charge in [0.2, 0.25) is 0 Å². The van der Waals surface area contributed by atoms with Crippen LogP contribution >= 0.6 is 0 Å². The number of pyridine rings is 1. The van der Waals surface area contributed by atoms with Crippen LogP contribution in [0.25, 0.3) is 0 Å². The van der Waals surface area contributed by atoms with Gasteiger partial charge in [-0.15, -0.1) is 0 Å². The van der Waals surface area contributed by atoms with E-state index < -0.39 is 0 Å².